The standard InChI is InChI=1S/C8H14N2O3/c1-6-3-10(4-7(2)13-6)8(11)12-5-9/h7H,1,3-5,9H2,2H3/t7-/m1/s1. The Kier molecular flexibility index (Phi) is 3.13. The third-order valence-corrected chi connectivity index (χ3v) is 1.68. The molecular weight excluding hydrogens is 172 g/mol. The Morgan fingerprint density at radius 3 is 3.15 bits per heavy atom. The van der Waals surface area contributed by atoms with Crippen LogP contribution in [0, 0.1) is 0 Å². The zero-order valence-electron chi connectivity index (χ0n) is 7.66. The van der Waals surface area contributed by atoms with Gasteiger partial charge in [-0.1, -0.05) is 6.58 Å². The molecule has 0 bridgehead atoms. The average Bonchev–Trinajstić information content (AvgIpc) is 2.03. The largest absolute Gasteiger partial charge is 0.492 e. The highest BCUT2D eigenvalue weighted by Crippen LogP contribution is 2.12. The molecule has 0 spiro atoms. The molecular formula is C8H14N2O3. The van der Waals surface area contributed by atoms with E-state index in [-0.39, 0.29) is 12.8 Å². The van der Waals surface area contributed by atoms with E-state index in [1.807, 2.05) is 6.92 Å². The molecule has 2 N–H and O–H groups in total. The number of nitrogens with zero attached hydrogens (tertiary/aromatic N) is 1. The van der Waals surface area contributed by atoms with Gasteiger partial charge in [0.15, 0.2) is 0 Å². The molecule has 0 aromatic carbocycles. The van der Waals surface area contributed by atoms with Gasteiger partial charge in [0.25, 0.3) is 0 Å². The van der Waals surface area contributed by atoms with E-state index in [9.17, 15) is 4.79 Å². The zero-order chi connectivity index (χ0) is 9.84. The van der Waals surface area contributed by atoms with Crippen LogP contribution in [-0.4, -0.2) is 36.9 Å². The highest BCUT2D eigenvalue weighted by Gasteiger charge is 2.24. The second-order valence-electron chi connectivity index (χ2n) is 2.92. The minimum atomic E-state index is -0.418. The van der Waals surface area contributed by atoms with Crippen LogP contribution in [0.2, 0.25) is 0 Å². The van der Waals surface area contributed by atoms with Gasteiger partial charge in [0.1, 0.15) is 18.6 Å². The predicted molar refractivity (Wildman–Crippen MR) is 46.8 cm³/mol. The van der Waals surface area contributed by atoms with Crippen molar-refractivity contribution in [2.45, 2.75) is 13.0 Å². The van der Waals surface area contributed by atoms with Crippen LogP contribution in [0.1, 0.15) is 6.92 Å². The number of ether oxygens (including phenoxy) is 2. The van der Waals surface area contributed by atoms with Crippen molar-refractivity contribution in [1.82, 2.24) is 4.90 Å². The van der Waals surface area contributed by atoms with Gasteiger partial charge < -0.3 is 9.47 Å². The van der Waals surface area contributed by atoms with Crippen molar-refractivity contribution in [1.29, 1.82) is 0 Å². The van der Waals surface area contributed by atoms with E-state index in [0.29, 0.717) is 18.8 Å². The van der Waals surface area contributed by atoms with E-state index < -0.39 is 6.09 Å². The van der Waals surface area contributed by atoms with Gasteiger partial charge in [-0.2, -0.15) is 0 Å². The summed E-state index contributed by atoms with van der Waals surface area (Å²) in [4.78, 5) is 12.7. The first-order chi connectivity index (χ1) is 6.13. The number of hydrogen-bond acceptors (Lipinski definition) is 4. The molecule has 74 valence electrons. The van der Waals surface area contributed by atoms with Crippen LogP contribution in [-0.2, 0) is 9.47 Å². The van der Waals surface area contributed by atoms with Gasteiger partial charge in [0.2, 0.25) is 0 Å². The lowest BCUT2D eigenvalue weighted by Gasteiger charge is -2.31. The first kappa shape index (κ1) is 9.85. The predicted octanol–water partition coefficient (Wildman–Crippen LogP) is 0.274. The normalized spacial score (nSPS) is 22.5. The summed E-state index contributed by atoms with van der Waals surface area (Å²) in [6, 6.07) is 0. The Balaban J connectivity index is 2.49. The molecule has 13 heavy (non-hydrogen) atoms. The van der Waals surface area contributed by atoms with Crippen molar-refractivity contribution in [2.24, 2.45) is 5.73 Å². The van der Waals surface area contributed by atoms with Crippen molar-refractivity contribution in [3.63, 3.8) is 0 Å². The van der Waals surface area contributed by atoms with E-state index in [1.165, 1.54) is 4.90 Å². The van der Waals surface area contributed by atoms with Gasteiger partial charge in [-0.25, -0.2) is 4.79 Å². The fraction of sp³-hybridized carbons (Fsp3) is 0.625. The van der Waals surface area contributed by atoms with Crippen molar-refractivity contribution >= 4 is 6.09 Å². The van der Waals surface area contributed by atoms with Crippen LogP contribution < -0.4 is 5.73 Å². The summed E-state index contributed by atoms with van der Waals surface area (Å²) in [6.07, 6.45) is -0.453. The highest BCUT2D eigenvalue weighted by atomic mass is 16.6. The van der Waals surface area contributed by atoms with Gasteiger partial charge in [-0.3, -0.25) is 10.6 Å². The fourth-order valence-corrected chi connectivity index (χ4v) is 1.25. The summed E-state index contributed by atoms with van der Waals surface area (Å²) in [5.41, 5.74) is 5.08. The summed E-state index contributed by atoms with van der Waals surface area (Å²) < 4.78 is 9.92. The molecule has 0 saturated carbocycles. The van der Waals surface area contributed by atoms with Crippen LogP contribution in [0.25, 0.3) is 0 Å². The maximum Gasteiger partial charge on any atom is 0.411 e. The Morgan fingerprint density at radius 1 is 1.92 bits per heavy atom. The molecule has 1 fully saturated rings. The summed E-state index contributed by atoms with van der Waals surface area (Å²) in [5.74, 6) is 0.577. The van der Waals surface area contributed by atoms with E-state index >= 15 is 0 Å². The zero-order valence-corrected chi connectivity index (χ0v) is 7.66. The Labute approximate surface area is 77.1 Å². The monoisotopic (exact) mass is 186 g/mol. The third kappa shape index (κ3) is 2.62. The van der Waals surface area contributed by atoms with Crippen molar-refractivity contribution < 1.29 is 14.3 Å². The molecule has 0 radical (unpaired) electrons. The molecule has 1 aliphatic rings. The molecule has 1 amide bonds. The molecule has 5 heteroatoms. The Hall–Kier alpha value is -1.23. The first-order valence-corrected chi connectivity index (χ1v) is 4.09. The van der Waals surface area contributed by atoms with Crippen LogP contribution >= 0.6 is 0 Å². The van der Waals surface area contributed by atoms with E-state index in [4.69, 9.17) is 10.5 Å². The van der Waals surface area contributed by atoms with Gasteiger partial charge in [-0.05, 0) is 6.92 Å². The number of nitrogens with two attached hydrogens (primary N) is 1. The Bertz CT molecular complexity index is 217. The maximum absolute atomic E-state index is 11.2. The molecule has 1 saturated heterocycles. The summed E-state index contributed by atoms with van der Waals surface area (Å²) in [6.45, 7) is 6.31. The lowest BCUT2D eigenvalue weighted by molar-refractivity contribution is 0.0253. The maximum atomic E-state index is 11.2. The minimum Gasteiger partial charge on any atom is -0.492 e. The summed E-state index contributed by atoms with van der Waals surface area (Å²) >= 11 is 0. The summed E-state index contributed by atoms with van der Waals surface area (Å²) in [5, 5.41) is 0. The second-order valence-corrected chi connectivity index (χ2v) is 2.92. The lowest BCUT2D eigenvalue weighted by Crippen LogP contribution is -2.44. The lowest BCUT2D eigenvalue weighted by atomic mass is 10.3. The SMILES string of the molecule is C=C1CN(C(=O)OCN)C[C@@H](C)O1. The van der Waals surface area contributed by atoms with Crippen LogP contribution in [0.15, 0.2) is 12.3 Å². The van der Waals surface area contributed by atoms with E-state index in [2.05, 4.69) is 11.3 Å². The highest BCUT2D eigenvalue weighted by molar-refractivity contribution is 5.68. The quantitative estimate of drug-likeness (QED) is 0.597. The molecule has 0 unspecified atom stereocenters. The average molecular weight is 186 g/mol. The second kappa shape index (κ2) is 4.13. The van der Waals surface area contributed by atoms with Gasteiger partial charge in [0.05, 0.1) is 13.1 Å². The number of carbonyl (C=O) groups is 1. The molecule has 0 aromatic rings. The van der Waals surface area contributed by atoms with Gasteiger partial charge in [-0.15, -0.1) is 0 Å². The third-order valence-electron chi connectivity index (χ3n) is 1.68. The molecule has 1 aliphatic heterocycles. The van der Waals surface area contributed by atoms with Crippen LogP contribution in [0.4, 0.5) is 4.79 Å². The van der Waals surface area contributed by atoms with E-state index in [0.717, 1.165) is 0 Å². The first-order valence-electron chi connectivity index (χ1n) is 4.09. The number of hydrogen-bond donors (Lipinski definition) is 1. The van der Waals surface area contributed by atoms with Crippen LogP contribution in [0.3, 0.4) is 0 Å². The van der Waals surface area contributed by atoms with Crippen molar-refractivity contribution in [3.8, 4) is 0 Å². The Morgan fingerprint density at radius 2 is 2.62 bits per heavy atom. The molecule has 0 aromatic heterocycles. The molecule has 0 aliphatic carbocycles. The van der Waals surface area contributed by atoms with Crippen molar-refractivity contribution in [3.05, 3.63) is 12.3 Å². The smallest absolute Gasteiger partial charge is 0.411 e. The van der Waals surface area contributed by atoms with Crippen LogP contribution in [0.5, 0.6) is 0 Å². The van der Waals surface area contributed by atoms with Gasteiger partial charge >= 0.3 is 6.09 Å². The fourth-order valence-electron chi connectivity index (χ4n) is 1.25. The molecule has 1 heterocycles. The topological polar surface area (TPSA) is 64.8 Å². The van der Waals surface area contributed by atoms with Gasteiger partial charge in [0, 0.05) is 0 Å². The molecule has 1 atom stereocenters. The number of rotatable bonds is 1. The van der Waals surface area contributed by atoms with E-state index in [1.54, 1.807) is 0 Å². The number of amides is 1. The minimum absolute atomic E-state index is 0.0356. The molecule has 1 rings (SSSR count). The van der Waals surface area contributed by atoms with Crippen molar-refractivity contribution in [2.75, 3.05) is 19.8 Å². The summed E-state index contributed by atoms with van der Waals surface area (Å²) in [7, 11) is 0. The molecule has 5 nitrogen and oxygen atoms in total. The number of morpholine rings is 1. The number of carbonyl (C=O) groups excluding carboxylic acids is 1.